The summed E-state index contributed by atoms with van der Waals surface area (Å²) >= 11 is 5.61. The molecule has 16 heavy (non-hydrogen) atoms. The number of alkyl halides is 1. The first-order valence-corrected chi connectivity index (χ1v) is 5.98. The third-order valence-corrected chi connectivity index (χ3v) is 2.65. The number of halogens is 1. The van der Waals surface area contributed by atoms with Gasteiger partial charge in [0, 0.05) is 17.5 Å². The molecule has 0 aliphatic rings. The summed E-state index contributed by atoms with van der Waals surface area (Å²) in [6.45, 7) is 0.697. The van der Waals surface area contributed by atoms with Gasteiger partial charge in [-0.25, -0.2) is 0 Å². The molecule has 0 unspecified atom stereocenters. The molecule has 84 valence electrons. The van der Waals surface area contributed by atoms with Crippen molar-refractivity contribution in [3.63, 3.8) is 0 Å². The Morgan fingerprint density at radius 3 is 2.88 bits per heavy atom. The number of aromatic nitrogens is 1. The molecule has 0 N–H and O–H groups in total. The van der Waals surface area contributed by atoms with Gasteiger partial charge >= 0.3 is 0 Å². The Bertz CT molecular complexity index is 453. The fraction of sp³-hybridized carbons (Fsp3) is 0.308. The molecule has 2 aromatic rings. The quantitative estimate of drug-likeness (QED) is 0.583. The van der Waals surface area contributed by atoms with Crippen molar-refractivity contribution in [2.75, 3.05) is 12.5 Å². The number of rotatable bonds is 5. The van der Waals surface area contributed by atoms with Crippen LogP contribution in [0.5, 0.6) is 5.75 Å². The van der Waals surface area contributed by atoms with Gasteiger partial charge in [-0.1, -0.05) is 18.2 Å². The van der Waals surface area contributed by atoms with Crippen LogP contribution in [0.25, 0.3) is 10.9 Å². The number of hydrogen-bond acceptors (Lipinski definition) is 2. The Morgan fingerprint density at radius 2 is 2.00 bits per heavy atom. The fourth-order valence-corrected chi connectivity index (χ4v) is 1.76. The third kappa shape index (κ3) is 2.64. The molecule has 2 rings (SSSR count). The van der Waals surface area contributed by atoms with Gasteiger partial charge in [0.05, 0.1) is 6.61 Å². The molecule has 0 amide bonds. The van der Waals surface area contributed by atoms with Crippen LogP contribution in [0.4, 0.5) is 0 Å². The van der Waals surface area contributed by atoms with Gasteiger partial charge in [0.1, 0.15) is 11.3 Å². The van der Waals surface area contributed by atoms with Crippen LogP contribution in [0.15, 0.2) is 36.5 Å². The zero-order valence-corrected chi connectivity index (χ0v) is 9.78. The van der Waals surface area contributed by atoms with Crippen molar-refractivity contribution in [2.45, 2.75) is 12.8 Å². The van der Waals surface area contributed by atoms with Crippen LogP contribution in [0.3, 0.4) is 0 Å². The summed E-state index contributed by atoms with van der Waals surface area (Å²) < 4.78 is 5.70. The average molecular weight is 236 g/mol. The maximum Gasteiger partial charge on any atom is 0.145 e. The molecule has 2 nitrogen and oxygen atoms in total. The van der Waals surface area contributed by atoms with E-state index in [1.54, 1.807) is 6.20 Å². The smallest absolute Gasteiger partial charge is 0.145 e. The fourth-order valence-electron chi connectivity index (χ4n) is 1.57. The van der Waals surface area contributed by atoms with Gasteiger partial charge in [-0.05, 0) is 25.0 Å². The second kappa shape index (κ2) is 5.71. The van der Waals surface area contributed by atoms with Crippen LogP contribution in [-0.4, -0.2) is 17.5 Å². The van der Waals surface area contributed by atoms with Gasteiger partial charge in [-0.2, -0.15) is 0 Å². The molecule has 3 heteroatoms. The van der Waals surface area contributed by atoms with E-state index in [-0.39, 0.29) is 0 Å². The molecule has 0 atom stereocenters. The van der Waals surface area contributed by atoms with Gasteiger partial charge < -0.3 is 4.74 Å². The second-order valence-corrected chi connectivity index (χ2v) is 3.95. The van der Waals surface area contributed by atoms with E-state index >= 15 is 0 Å². The van der Waals surface area contributed by atoms with Gasteiger partial charge in [-0.3, -0.25) is 4.98 Å². The van der Waals surface area contributed by atoms with E-state index in [0.717, 1.165) is 29.5 Å². The minimum absolute atomic E-state index is 0.692. The number of nitrogens with zero attached hydrogens (tertiary/aromatic N) is 1. The Morgan fingerprint density at radius 1 is 1.12 bits per heavy atom. The predicted molar refractivity (Wildman–Crippen MR) is 67.2 cm³/mol. The largest absolute Gasteiger partial charge is 0.491 e. The lowest BCUT2D eigenvalue weighted by atomic mass is 10.2. The summed E-state index contributed by atoms with van der Waals surface area (Å²) in [5.74, 6) is 1.55. The summed E-state index contributed by atoms with van der Waals surface area (Å²) in [5, 5.41) is 1.11. The van der Waals surface area contributed by atoms with E-state index in [4.69, 9.17) is 16.3 Å². The van der Waals surface area contributed by atoms with Crippen molar-refractivity contribution < 1.29 is 4.74 Å². The van der Waals surface area contributed by atoms with Crippen molar-refractivity contribution in [3.05, 3.63) is 36.5 Å². The molecule has 0 fully saturated rings. The number of fused-ring (bicyclic) bond motifs is 1. The minimum atomic E-state index is 0.692. The summed E-state index contributed by atoms with van der Waals surface area (Å²) in [5.41, 5.74) is 0.927. The monoisotopic (exact) mass is 235 g/mol. The average Bonchev–Trinajstić information content (AvgIpc) is 2.35. The van der Waals surface area contributed by atoms with E-state index in [0.29, 0.717) is 12.5 Å². The lowest BCUT2D eigenvalue weighted by Gasteiger charge is -2.07. The van der Waals surface area contributed by atoms with Crippen LogP contribution in [0, 0.1) is 0 Å². The second-order valence-electron chi connectivity index (χ2n) is 3.58. The number of para-hydroxylation sites is 1. The van der Waals surface area contributed by atoms with Crippen LogP contribution in [0.1, 0.15) is 12.8 Å². The molecular formula is C13H14ClNO. The van der Waals surface area contributed by atoms with E-state index in [1.165, 1.54) is 0 Å². The number of unbranched alkanes of at least 4 members (excludes halogenated alkanes) is 1. The van der Waals surface area contributed by atoms with Gasteiger partial charge in [0.25, 0.3) is 0 Å². The molecule has 0 aliphatic carbocycles. The van der Waals surface area contributed by atoms with Gasteiger partial charge in [-0.15, -0.1) is 11.6 Å². The zero-order valence-electron chi connectivity index (χ0n) is 9.03. The molecule has 0 saturated heterocycles. The summed E-state index contributed by atoms with van der Waals surface area (Å²) in [7, 11) is 0. The molecule has 0 saturated carbocycles. The topological polar surface area (TPSA) is 22.1 Å². The van der Waals surface area contributed by atoms with Crippen LogP contribution < -0.4 is 4.74 Å². The molecule has 1 heterocycles. The number of hydrogen-bond donors (Lipinski definition) is 0. The van der Waals surface area contributed by atoms with Crippen molar-refractivity contribution in [1.82, 2.24) is 4.98 Å². The molecule has 0 radical (unpaired) electrons. The van der Waals surface area contributed by atoms with Crippen LogP contribution in [0.2, 0.25) is 0 Å². The molecule has 1 aromatic heterocycles. The van der Waals surface area contributed by atoms with Crippen molar-refractivity contribution in [3.8, 4) is 5.75 Å². The SMILES string of the molecule is ClCCCCOc1cccc2cccnc12. The Labute approximate surface area is 100 Å². The van der Waals surface area contributed by atoms with E-state index in [9.17, 15) is 0 Å². The number of benzene rings is 1. The highest BCUT2D eigenvalue weighted by Crippen LogP contribution is 2.22. The van der Waals surface area contributed by atoms with Gasteiger partial charge in [0.15, 0.2) is 0 Å². The van der Waals surface area contributed by atoms with Crippen LogP contribution in [-0.2, 0) is 0 Å². The summed E-state index contributed by atoms with van der Waals surface area (Å²) in [6.07, 6.45) is 3.75. The first-order chi connectivity index (χ1) is 7.92. The maximum absolute atomic E-state index is 5.70. The van der Waals surface area contributed by atoms with Gasteiger partial charge in [0.2, 0.25) is 0 Å². The molecular weight excluding hydrogens is 222 g/mol. The standard InChI is InChI=1S/C13H14ClNO/c14-8-1-2-10-16-12-7-3-5-11-6-4-9-15-13(11)12/h3-7,9H,1-2,8,10H2. The molecule has 0 aliphatic heterocycles. The highest BCUT2D eigenvalue weighted by atomic mass is 35.5. The summed E-state index contributed by atoms with van der Waals surface area (Å²) in [4.78, 5) is 4.33. The molecule has 1 aromatic carbocycles. The Kier molecular flexibility index (Phi) is 4.00. The molecule has 0 bridgehead atoms. The minimum Gasteiger partial charge on any atom is -0.491 e. The van der Waals surface area contributed by atoms with Crippen molar-refractivity contribution >= 4 is 22.5 Å². The van der Waals surface area contributed by atoms with Crippen LogP contribution >= 0.6 is 11.6 Å². The summed E-state index contributed by atoms with van der Waals surface area (Å²) in [6, 6.07) is 9.94. The first kappa shape index (κ1) is 11.2. The third-order valence-electron chi connectivity index (χ3n) is 2.38. The van der Waals surface area contributed by atoms with Crippen molar-refractivity contribution in [2.24, 2.45) is 0 Å². The Hall–Kier alpha value is -1.28. The Balaban J connectivity index is 2.11. The normalized spacial score (nSPS) is 10.6. The number of ether oxygens (including phenoxy) is 1. The first-order valence-electron chi connectivity index (χ1n) is 5.44. The predicted octanol–water partition coefficient (Wildman–Crippen LogP) is 3.63. The van der Waals surface area contributed by atoms with E-state index < -0.39 is 0 Å². The zero-order chi connectivity index (χ0) is 11.2. The lowest BCUT2D eigenvalue weighted by Crippen LogP contribution is -1.98. The highest BCUT2D eigenvalue weighted by Gasteiger charge is 2.01. The van der Waals surface area contributed by atoms with Crippen molar-refractivity contribution in [1.29, 1.82) is 0 Å². The lowest BCUT2D eigenvalue weighted by molar-refractivity contribution is 0.312. The number of pyridine rings is 1. The highest BCUT2D eigenvalue weighted by molar-refractivity contribution is 6.17. The van der Waals surface area contributed by atoms with E-state index in [2.05, 4.69) is 4.98 Å². The van der Waals surface area contributed by atoms with E-state index in [1.807, 2.05) is 30.3 Å². The maximum atomic E-state index is 5.70. The molecule has 0 spiro atoms.